The van der Waals surface area contributed by atoms with Gasteiger partial charge in [-0.3, -0.25) is 4.79 Å². The van der Waals surface area contributed by atoms with E-state index in [4.69, 9.17) is 14.5 Å². The summed E-state index contributed by atoms with van der Waals surface area (Å²) in [4.78, 5) is 16.0. The van der Waals surface area contributed by atoms with E-state index in [1.807, 2.05) is 0 Å². The van der Waals surface area contributed by atoms with E-state index < -0.39 is 23.5 Å². The lowest BCUT2D eigenvalue weighted by atomic mass is 9.82. The number of hydrogen-bond donors (Lipinski definition) is 2. The number of rotatable bonds is 5. The van der Waals surface area contributed by atoms with Crippen LogP contribution in [0, 0.1) is 17.6 Å². The van der Waals surface area contributed by atoms with E-state index in [0.29, 0.717) is 59.5 Å². The summed E-state index contributed by atoms with van der Waals surface area (Å²) in [5, 5.41) is 20.5. The van der Waals surface area contributed by atoms with Gasteiger partial charge in [0, 0.05) is 30.1 Å². The third-order valence-electron chi connectivity index (χ3n) is 6.52. The summed E-state index contributed by atoms with van der Waals surface area (Å²) in [6, 6.07) is 8.56. The number of pyridine rings is 1. The number of hydrogen-bond acceptors (Lipinski definition) is 5. The number of phenolic OH excluding ortho intramolecular Hbond substituents is 1. The van der Waals surface area contributed by atoms with Crippen molar-refractivity contribution in [1.82, 2.24) is 4.98 Å². The zero-order chi connectivity index (χ0) is 23.1. The quantitative estimate of drug-likeness (QED) is 0.562. The number of benzene rings is 2. The summed E-state index contributed by atoms with van der Waals surface area (Å²) in [6.45, 7) is 1.13. The molecule has 2 aromatic carbocycles. The molecule has 2 aliphatic rings. The Hall–Kier alpha value is -3.26. The number of carboxylic acids is 1. The van der Waals surface area contributed by atoms with Crippen molar-refractivity contribution in [3.8, 4) is 22.8 Å². The van der Waals surface area contributed by atoms with Crippen molar-refractivity contribution >= 4 is 16.7 Å². The standard InChI is InChI=1S/C25H23F2NO5/c26-20-4-1-14(11-21(20)27)22-18-3-2-16(29)12-19(18)24(33-17-9-15(10-17)25(30)31)28-23(22)13-5-7-32-8-6-13/h1-4,11-13,15,17,29H,5-10H2,(H,30,31). The molecule has 0 amide bonds. The highest BCUT2D eigenvalue weighted by molar-refractivity contribution is 6.01. The number of fused-ring (bicyclic) bond motifs is 1. The molecular weight excluding hydrogens is 432 g/mol. The van der Waals surface area contributed by atoms with Crippen LogP contribution >= 0.6 is 0 Å². The monoisotopic (exact) mass is 455 g/mol. The number of aliphatic carboxylic acids is 1. The second-order valence-corrected chi connectivity index (χ2v) is 8.67. The molecule has 33 heavy (non-hydrogen) atoms. The minimum absolute atomic E-state index is 0.0150. The Labute approximate surface area is 188 Å². The molecule has 0 radical (unpaired) electrons. The number of carboxylic acid groups (broad SMARTS) is 1. The van der Waals surface area contributed by atoms with Crippen molar-refractivity contribution in [2.45, 2.75) is 37.7 Å². The molecule has 6 nitrogen and oxygen atoms in total. The van der Waals surface area contributed by atoms with Gasteiger partial charge >= 0.3 is 5.97 Å². The first-order chi connectivity index (χ1) is 15.9. The molecule has 8 heteroatoms. The molecule has 1 saturated carbocycles. The molecule has 172 valence electrons. The Bertz CT molecular complexity index is 1220. The van der Waals surface area contributed by atoms with E-state index in [9.17, 15) is 23.8 Å². The topological polar surface area (TPSA) is 88.9 Å². The van der Waals surface area contributed by atoms with Crippen molar-refractivity contribution in [1.29, 1.82) is 0 Å². The van der Waals surface area contributed by atoms with E-state index in [1.54, 1.807) is 6.07 Å². The summed E-state index contributed by atoms with van der Waals surface area (Å²) in [5.41, 5.74) is 1.85. The highest BCUT2D eigenvalue weighted by Crippen LogP contribution is 2.43. The molecule has 0 atom stereocenters. The summed E-state index contributed by atoms with van der Waals surface area (Å²) in [5.74, 6) is -2.82. The van der Waals surface area contributed by atoms with Crippen LogP contribution < -0.4 is 4.74 Å². The molecule has 0 spiro atoms. The van der Waals surface area contributed by atoms with Crippen LogP contribution in [0.3, 0.4) is 0 Å². The van der Waals surface area contributed by atoms with Crippen molar-refractivity contribution in [2.75, 3.05) is 13.2 Å². The highest BCUT2D eigenvalue weighted by Gasteiger charge is 2.37. The zero-order valence-corrected chi connectivity index (χ0v) is 17.8. The van der Waals surface area contributed by atoms with Gasteiger partial charge in [-0.15, -0.1) is 0 Å². The number of ether oxygens (including phenoxy) is 2. The number of phenols is 1. The minimum Gasteiger partial charge on any atom is -0.508 e. The Morgan fingerprint density at radius 2 is 1.79 bits per heavy atom. The van der Waals surface area contributed by atoms with Gasteiger partial charge in [-0.05, 0) is 67.0 Å². The van der Waals surface area contributed by atoms with Gasteiger partial charge in [0.1, 0.15) is 11.9 Å². The van der Waals surface area contributed by atoms with E-state index in [2.05, 4.69) is 0 Å². The van der Waals surface area contributed by atoms with Gasteiger partial charge < -0.3 is 19.7 Å². The van der Waals surface area contributed by atoms with E-state index >= 15 is 0 Å². The van der Waals surface area contributed by atoms with Crippen LogP contribution in [-0.2, 0) is 9.53 Å². The molecule has 3 aromatic rings. The van der Waals surface area contributed by atoms with E-state index in [-0.39, 0.29) is 17.8 Å². The highest BCUT2D eigenvalue weighted by atomic mass is 19.2. The average molecular weight is 455 g/mol. The SMILES string of the molecule is O=C(O)C1CC(Oc2nc(C3CCOCC3)c(-c3ccc(F)c(F)c3)c3ccc(O)cc23)C1. The normalized spacial score (nSPS) is 21.0. The lowest BCUT2D eigenvalue weighted by molar-refractivity contribution is -0.148. The molecule has 1 saturated heterocycles. The summed E-state index contributed by atoms with van der Waals surface area (Å²) < 4.78 is 39.5. The maximum Gasteiger partial charge on any atom is 0.306 e. The number of carbonyl (C=O) groups is 1. The molecule has 1 aliphatic heterocycles. The van der Waals surface area contributed by atoms with Crippen molar-refractivity contribution in [3.05, 3.63) is 53.7 Å². The van der Waals surface area contributed by atoms with Crippen LogP contribution in [0.5, 0.6) is 11.6 Å². The Morgan fingerprint density at radius 3 is 2.48 bits per heavy atom. The second-order valence-electron chi connectivity index (χ2n) is 8.67. The van der Waals surface area contributed by atoms with Crippen LogP contribution in [-0.4, -0.2) is 40.5 Å². The van der Waals surface area contributed by atoms with Crippen LogP contribution in [0.4, 0.5) is 8.78 Å². The Morgan fingerprint density at radius 1 is 1.03 bits per heavy atom. The van der Waals surface area contributed by atoms with Crippen LogP contribution in [0.25, 0.3) is 21.9 Å². The fourth-order valence-electron chi connectivity index (χ4n) is 4.62. The van der Waals surface area contributed by atoms with Crippen molar-refractivity contribution in [3.63, 3.8) is 0 Å². The van der Waals surface area contributed by atoms with Gasteiger partial charge in [-0.1, -0.05) is 6.07 Å². The van der Waals surface area contributed by atoms with E-state index in [0.717, 1.165) is 25.0 Å². The Kier molecular flexibility index (Phi) is 5.62. The molecule has 2 N–H and O–H groups in total. The van der Waals surface area contributed by atoms with Gasteiger partial charge in [0.15, 0.2) is 11.6 Å². The van der Waals surface area contributed by atoms with Crippen LogP contribution in [0.2, 0.25) is 0 Å². The van der Waals surface area contributed by atoms with Crippen LogP contribution in [0.15, 0.2) is 36.4 Å². The molecule has 0 bridgehead atoms. The Balaban J connectivity index is 1.67. The first-order valence-corrected chi connectivity index (χ1v) is 11.0. The predicted molar refractivity (Wildman–Crippen MR) is 116 cm³/mol. The second kappa shape index (κ2) is 8.59. The smallest absolute Gasteiger partial charge is 0.306 e. The molecule has 0 unspecified atom stereocenters. The number of halogens is 2. The molecule has 1 aliphatic carbocycles. The largest absolute Gasteiger partial charge is 0.508 e. The molecule has 1 aromatic heterocycles. The van der Waals surface area contributed by atoms with E-state index in [1.165, 1.54) is 18.2 Å². The third kappa shape index (κ3) is 4.11. The third-order valence-corrected chi connectivity index (χ3v) is 6.52. The molecule has 2 heterocycles. The molecular formula is C25H23F2NO5. The lowest BCUT2D eigenvalue weighted by Crippen LogP contribution is -2.38. The maximum absolute atomic E-state index is 14.2. The van der Waals surface area contributed by atoms with Gasteiger partial charge in [-0.25, -0.2) is 13.8 Å². The molecule has 5 rings (SSSR count). The first-order valence-electron chi connectivity index (χ1n) is 11.0. The average Bonchev–Trinajstić information content (AvgIpc) is 2.77. The maximum atomic E-state index is 14.2. The lowest BCUT2D eigenvalue weighted by Gasteiger charge is -2.33. The van der Waals surface area contributed by atoms with Gasteiger partial charge in [0.05, 0.1) is 11.6 Å². The fourth-order valence-corrected chi connectivity index (χ4v) is 4.62. The zero-order valence-electron chi connectivity index (χ0n) is 17.8. The number of nitrogens with zero attached hydrogens (tertiary/aromatic N) is 1. The van der Waals surface area contributed by atoms with Gasteiger partial charge in [-0.2, -0.15) is 0 Å². The summed E-state index contributed by atoms with van der Waals surface area (Å²) >= 11 is 0. The minimum atomic E-state index is -0.952. The van der Waals surface area contributed by atoms with Gasteiger partial charge in [0.2, 0.25) is 5.88 Å². The summed E-state index contributed by atoms with van der Waals surface area (Å²) in [6.07, 6.45) is 1.92. The summed E-state index contributed by atoms with van der Waals surface area (Å²) in [7, 11) is 0. The number of aromatic nitrogens is 1. The van der Waals surface area contributed by atoms with Gasteiger partial charge in [0.25, 0.3) is 0 Å². The molecule has 2 fully saturated rings. The van der Waals surface area contributed by atoms with Crippen molar-refractivity contribution < 1.29 is 33.3 Å². The first kappa shape index (κ1) is 21.6. The fraction of sp³-hybridized carbons (Fsp3) is 0.360. The number of aromatic hydroxyl groups is 1. The predicted octanol–water partition coefficient (Wildman–Crippen LogP) is 5.02. The van der Waals surface area contributed by atoms with Crippen molar-refractivity contribution in [2.24, 2.45) is 5.92 Å². The van der Waals surface area contributed by atoms with Crippen LogP contribution in [0.1, 0.15) is 37.3 Å².